The van der Waals surface area contributed by atoms with Crippen molar-refractivity contribution in [2.75, 3.05) is 13.2 Å². The fourth-order valence-corrected chi connectivity index (χ4v) is 13.0. The van der Waals surface area contributed by atoms with Gasteiger partial charge < -0.3 is 20.3 Å². The third-order valence-electron chi connectivity index (χ3n) is 19.1. The molecule has 3 N–H and O–H groups in total. The Kier molecular flexibility index (Phi) is 74.8. The Bertz CT molecular complexity index is 1300. The van der Waals surface area contributed by atoms with Crippen LogP contribution in [-0.4, -0.2) is 47.4 Å². The smallest absolute Gasteiger partial charge is 0.305 e. The molecular formula is C80H157NO5. The summed E-state index contributed by atoms with van der Waals surface area (Å²) in [5.41, 5.74) is 0. The maximum absolute atomic E-state index is 12.5. The SMILES string of the molecule is CCCCCC/C=C\CCCCCCCC(=O)OCCCCCCCCCCCCCCCCCCCCCCCCCCCCCCCCCCCCCCCCCC(=O)NC(CO)C(O)CCCCCCCCCCCCCCCCCCC. The largest absolute Gasteiger partial charge is 0.466 e. The van der Waals surface area contributed by atoms with Crippen molar-refractivity contribution in [3.8, 4) is 0 Å². The monoisotopic (exact) mass is 1210 g/mol. The Morgan fingerprint density at radius 1 is 0.314 bits per heavy atom. The average molecular weight is 1210 g/mol. The molecule has 86 heavy (non-hydrogen) atoms. The average Bonchev–Trinajstić information content (AvgIpc) is 3.59. The molecule has 0 fully saturated rings. The predicted molar refractivity (Wildman–Crippen MR) is 380 cm³/mol. The first kappa shape index (κ1) is 84.6. The van der Waals surface area contributed by atoms with Gasteiger partial charge >= 0.3 is 5.97 Å². The highest BCUT2D eigenvalue weighted by atomic mass is 16.5. The van der Waals surface area contributed by atoms with Crippen LogP contribution >= 0.6 is 0 Å². The molecule has 0 saturated carbocycles. The van der Waals surface area contributed by atoms with Crippen LogP contribution in [0.25, 0.3) is 0 Å². The van der Waals surface area contributed by atoms with Crippen LogP contribution < -0.4 is 5.32 Å². The minimum Gasteiger partial charge on any atom is -0.466 e. The highest BCUT2D eigenvalue weighted by Crippen LogP contribution is 2.20. The van der Waals surface area contributed by atoms with Gasteiger partial charge in [0.25, 0.3) is 0 Å². The van der Waals surface area contributed by atoms with Crippen LogP contribution in [-0.2, 0) is 14.3 Å². The highest BCUT2D eigenvalue weighted by molar-refractivity contribution is 5.76. The van der Waals surface area contributed by atoms with E-state index in [-0.39, 0.29) is 18.5 Å². The normalized spacial score (nSPS) is 12.5. The van der Waals surface area contributed by atoms with Gasteiger partial charge in [-0.2, -0.15) is 0 Å². The summed E-state index contributed by atoms with van der Waals surface area (Å²) >= 11 is 0. The minimum atomic E-state index is -0.659. The van der Waals surface area contributed by atoms with Gasteiger partial charge in [-0.05, 0) is 51.4 Å². The van der Waals surface area contributed by atoms with E-state index in [2.05, 4.69) is 31.3 Å². The number of hydrogen-bond acceptors (Lipinski definition) is 5. The van der Waals surface area contributed by atoms with Crippen LogP contribution in [0.15, 0.2) is 12.2 Å². The first-order valence-electron chi connectivity index (χ1n) is 39.9. The minimum absolute atomic E-state index is 0.0157. The van der Waals surface area contributed by atoms with Crippen LogP contribution in [0, 0.1) is 0 Å². The van der Waals surface area contributed by atoms with Crippen molar-refractivity contribution >= 4 is 11.9 Å². The topological polar surface area (TPSA) is 95.9 Å². The standard InChI is InChI=1S/C80H157NO5/c1-3-5-7-9-11-13-15-17-18-42-45-49-52-56-60-64-68-72-78(83)77(76-82)81-79(84)73-69-65-61-57-53-50-46-43-40-38-36-34-32-30-28-26-24-22-20-19-21-23-25-27-29-31-33-35-37-39-41-44-47-51-55-59-63-67-71-75-86-80(85)74-70-66-62-58-54-48-16-14-12-10-8-6-4-2/h14,16,77-78,82-83H,3-13,15,17-76H2,1-2H3,(H,81,84)/b16-14-. The van der Waals surface area contributed by atoms with Gasteiger partial charge in [-0.1, -0.05) is 411 Å². The number of esters is 1. The van der Waals surface area contributed by atoms with Gasteiger partial charge in [0.05, 0.1) is 25.4 Å². The van der Waals surface area contributed by atoms with Gasteiger partial charge in [0.1, 0.15) is 0 Å². The molecule has 0 saturated heterocycles. The Balaban J connectivity index is 3.28. The zero-order chi connectivity index (χ0) is 62.0. The maximum Gasteiger partial charge on any atom is 0.305 e. The lowest BCUT2D eigenvalue weighted by molar-refractivity contribution is -0.143. The molecule has 0 spiro atoms. The molecule has 0 bridgehead atoms. The van der Waals surface area contributed by atoms with Gasteiger partial charge in [0.2, 0.25) is 5.91 Å². The van der Waals surface area contributed by atoms with E-state index >= 15 is 0 Å². The summed E-state index contributed by atoms with van der Waals surface area (Å²) in [6.45, 7) is 4.99. The number of carbonyl (C=O) groups is 2. The van der Waals surface area contributed by atoms with E-state index < -0.39 is 12.1 Å². The quantitative estimate of drug-likeness (QED) is 0.0320. The number of aliphatic hydroxyl groups is 2. The van der Waals surface area contributed by atoms with Gasteiger partial charge in [-0.15, -0.1) is 0 Å². The van der Waals surface area contributed by atoms with Gasteiger partial charge in [-0.25, -0.2) is 0 Å². The van der Waals surface area contributed by atoms with Crippen LogP contribution in [0.3, 0.4) is 0 Å². The summed E-state index contributed by atoms with van der Waals surface area (Å²) in [6.07, 6.45) is 96.1. The van der Waals surface area contributed by atoms with E-state index in [9.17, 15) is 19.8 Å². The van der Waals surface area contributed by atoms with Crippen molar-refractivity contribution in [1.29, 1.82) is 0 Å². The number of ether oxygens (including phenoxy) is 1. The fraction of sp³-hybridized carbons (Fsp3) is 0.950. The lowest BCUT2D eigenvalue weighted by atomic mass is 10.0. The van der Waals surface area contributed by atoms with E-state index in [1.807, 2.05) is 0 Å². The molecule has 6 nitrogen and oxygen atoms in total. The number of nitrogens with one attached hydrogen (secondary N) is 1. The zero-order valence-electron chi connectivity index (χ0n) is 58.8. The molecule has 512 valence electrons. The Labute approximate surface area is 539 Å². The van der Waals surface area contributed by atoms with Crippen LogP contribution in [0.1, 0.15) is 463 Å². The van der Waals surface area contributed by atoms with Crippen molar-refractivity contribution in [2.24, 2.45) is 0 Å². The van der Waals surface area contributed by atoms with Crippen LogP contribution in [0.2, 0.25) is 0 Å². The van der Waals surface area contributed by atoms with E-state index in [0.717, 1.165) is 44.9 Å². The number of allylic oxidation sites excluding steroid dienone is 2. The molecule has 0 aromatic rings. The third-order valence-corrected chi connectivity index (χ3v) is 19.1. The van der Waals surface area contributed by atoms with Gasteiger partial charge in [-0.3, -0.25) is 9.59 Å². The van der Waals surface area contributed by atoms with E-state index in [1.165, 1.54) is 385 Å². The molecule has 2 atom stereocenters. The zero-order valence-corrected chi connectivity index (χ0v) is 58.8. The van der Waals surface area contributed by atoms with Crippen molar-refractivity contribution < 1.29 is 24.5 Å². The second-order valence-electron chi connectivity index (χ2n) is 27.8. The fourth-order valence-electron chi connectivity index (χ4n) is 13.0. The molecule has 6 heteroatoms. The summed E-state index contributed by atoms with van der Waals surface area (Å²) < 4.78 is 5.49. The Hall–Kier alpha value is -1.40. The molecule has 0 aromatic heterocycles. The van der Waals surface area contributed by atoms with Crippen molar-refractivity contribution in [3.05, 3.63) is 12.2 Å². The number of rotatable bonds is 76. The van der Waals surface area contributed by atoms with Crippen molar-refractivity contribution in [3.63, 3.8) is 0 Å². The number of aliphatic hydroxyl groups excluding tert-OH is 2. The highest BCUT2D eigenvalue weighted by Gasteiger charge is 2.20. The summed E-state index contributed by atoms with van der Waals surface area (Å²) in [7, 11) is 0. The molecule has 0 aliphatic carbocycles. The molecular weight excluding hydrogens is 1050 g/mol. The van der Waals surface area contributed by atoms with E-state index in [4.69, 9.17) is 4.74 Å². The summed E-state index contributed by atoms with van der Waals surface area (Å²) in [5, 5.41) is 23.4. The molecule has 0 radical (unpaired) electrons. The van der Waals surface area contributed by atoms with Gasteiger partial charge in [0, 0.05) is 12.8 Å². The van der Waals surface area contributed by atoms with E-state index in [1.54, 1.807) is 0 Å². The first-order valence-corrected chi connectivity index (χ1v) is 39.9. The summed E-state index contributed by atoms with van der Waals surface area (Å²) in [6, 6.07) is -0.536. The summed E-state index contributed by atoms with van der Waals surface area (Å²) in [5.74, 6) is -0.00843. The third kappa shape index (κ3) is 71.7. The first-order chi connectivity index (χ1) is 42.5. The Morgan fingerprint density at radius 2 is 0.547 bits per heavy atom. The molecule has 2 unspecified atom stereocenters. The maximum atomic E-state index is 12.5. The lowest BCUT2D eigenvalue weighted by Crippen LogP contribution is -2.45. The van der Waals surface area contributed by atoms with Crippen molar-refractivity contribution in [2.45, 2.75) is 475 Å². The Morgan fingerprint density at radius 3 is 0.837 bits per heavy atom. The number of hydrogen-bond donors (Lipinski definition) is 3. The summed E-state index contributed by atoms with van der Waals surface area (Å²) in [4.78, 5) is 24.6. The molecule has 1 amide bonds. The van der Waals surface area contributed by atoms with Crippen molar-refractivity contribution in [1.82, 2.24) is 5.32 Å². The number of amides is 1. The van der Waals surface area contributed by atoms with Crippen LogP contribution in [0.5, 0.6) is 0 Å². The second kappa shape index (κ2) is 76.1. The molecule has 0 aliphatic heterocycles. The number of unbranched alkanes of at least 4 members (excludes halogenated alkanes) is 63. The molecule has 0 heterocycles. The lowest BCUT2D eigenvalue weighted by Gasteiger charge is -2.22. The second-order valence-corrected chi connectivity index (χ2v) is 27.8. The predicted octanol–water partition coefficient (Wildman–Crippen LogP) is 26.3. The molecule has 0 aromatic carbocycles. The van der Waals surface area contributed by atoms with Gasteiger partial charge in [0.15, 0.2) is 0 Å². The molecule has 0 aliphatic rings. The number of carbonyl (C=O) groups excluding carboxylic acids is 2. The van der Waals surface area contributed by atoms with E-state index in [0.29, 0.717) is 25.9 Å². The van der Waals surface area contributed by atoms with Crippen LogP contribution in [0.4, 0.5) is 0 Å². The molecule has 0 rings (SSSR count).